The van der Waals surface area contributed by atoms with E-state index in [2.05, 4.69) is 4.90 Å². The van der Waals surface area contributed by atoms with Crippen molar-refractivity contribution >= 4 is 33.2 Å². The van der Waals surface area contributed by atoms with Gasteiger partial charge in [0, 0.05) is 45.0 Å². The number of anilines is 2. The van der Waals surface area contributed by atoms with Crippen LogP contribution < -0.4 is 14.5 Å². The van der Waals surface area contributed by atoms with Crippen LogP contribution >= 0.6 is 0 Å². The van der Waals surface area contributed by atoms with Gasteiger partial charge in [0.25, 0.3) is 5.91 Å². The van der Waals surface area contributed by atoms with E-state index < -0.39 is 15.9 Å². The molecule has 0 saturated carbocycles. The summed E-state index contributed by atoms with van der Waals surface area (Å²) in [6.07, 6.45) is 3.65. The largest absolute Gasteiger partial charge is 0.482 e. The molecule has 11 heteroatoms. The monoisotopic (exact) mass is 530 g/mol. The Morgan fingerprint density at radius 2 is 1.57 bits per heavy atom. The maximum atomic E-state index is 13.3. The zero-order valence-electron chi connectivity index (χ0n) is 20.6. The Kier molecular flexibility index (Phi) is 7.34. The molecule has 0 aliphatic carbocycles. The lowest BCUT2D eigenvalue weighted by Crippen LogP contribution is -2.53. The van der Waals surface area contributed by atoms with Gasteiger partial charge < -0.3 is 14.5 Å². The first-order chi connectivity index (χ1) is 17.8. The van der Waals surface area contributed by atoms with E-state index in [1.54, 1.807) is 23.1 Å². The second-order valence-corrected chi connectivity index (χ2v) is 11.5. The zero-order valence-corrected chi connectivity index (χ0v) is 21.5. The molecule has 0 aromatic heterocycles. The minimum Gasteiger partial charge on any atom is -0.482 e. The summed E-state index contributed by atoms with van der Waals surface area (Å²) >= 11 is 0. The molecule has 2 aromatic carbocycles. The number of piperazine rings is 1. The van der Waals surface area contributed by atoms with E-state index in [0.717, 1.165) is 31.4 Å². The predicted molar refractivity (Wildman–Crippen MR) is 137 cm³/mol. The van der Waals surface area contributed by atoms with Gasteiger partial charge in [-0.3, -0.25) is 14.5 Å². The molecule has 0 unspecified atom stereocenters. The van der Waals surface area contributed by atoms with Crippen LogP contribution in [0.3, 0.4) is 0 Å². The third-order valence-electron chi connectivity index (χ3n) is 7.19. The summed E-state index contributed by atoms with van der Waals surface area (Å²) in [7, 11) is -3.73. The Labute approximate surface area is 216 Å². The topological polar surface area (TPSA) is 90.5 Å². The van der Waals surface area contributed by atoms with E-state index in [9.17, 15) is 22.4 Å². The van der Waals surface area contributed by atoms with Crippen LogP contribution in [0.1, 0.15) is 25.7 Å². The Bertz CT molecular complexity index is 1250. The van der Waals surface area contributed by atoms with E-state index in [-0.39, 0.29) is 29.8 Å². The standard InChI is InChI=1S/C26H31FN4O5S/c27-20-5-7-21(8-6-20)28-13-15-29(16-14-28)25(32)18-31-23-17-22(9-10-24(23)36-19-26(31)33)37(34,35)30-11-3-1-2-4-12-30/h5-10,17H,1-4,11-16,18-19H2. The number of amides is 2. The highest BCUT2D eigenvalue weighted by Gasteiger charge is 2.33. The van der Waals surface area contributed by atoms with E-state index in [0.29, 0.717) is 50.7 Å². The lowest BCUT2D eigenvalue weighted by atomic mass is 10.2. The van der Waals surface area contributed by atoms with Gasteiger partial charge >= 0.3 is 0 Å². The third kappa shape index (κ3) is 5.42. The molecule has 0 bridgehead atoms. The number of nitrogens with zero attached hydrogens (tertiary/aromatic N) is 4. The summed E-state index contributed by atoms with van der Waals surface area (Å²) in [5, 5.41) is 0. The van der Waals surface area contributed by atoms with Gasteiger partial charge in [0.1, 0.15) is 18.1 Å². The van der Waals surface area contributed by atoms with Crippen LogP contribution in [0.5, 0.6) is 5.75 Å². The molecule has 0 atom stereocenters. The summed E-state index contributed by atoms with van der Waals surface area (Å²) in [6.45, 7) is 2.64. The smallest absolute Gasteiger partial charge is 0.265 e. The first-order valence-corrected chi connectivity index (χ1v) is 14.1. The number of fused-ring (bicyclic) bond motifs is 1. The Morgan fingerprint density at radius 1 is 0.892 bits per heavy atom. The van der Waals surface area contributed by atoms with Crippen molar-refractivity contribution in [3.8, 4) is 5.75 Å². The van der Waals surface area contributed by atoms with E-state index in [1.165, 1.54) is 33.5 Å². The molecule has 37 heavy (non-hydrogen) atoms. The van der Waals surface area contributed by atoms with Crippen LogP contribution in [0.15, 0.2) is 47.4 Å². The van der Waals surface area contributed by atoms with Gasteiger partial charge in [-0.1, -0.05) is 12.8 Å². The molecular weight excluding hydrogens is 499 g/mol. The van der Waals surface area contributed by atoms with Crippen LogP contribution in [-0.4, -0.2) is 81.9 Å². The SMILES string of the molecule is O=C(CN1C(=O)COc2ccc(S(=O)(=O)N3CCCCCC3)cc21)N1CCN(c2ccc(F)cc2)CC1. The molecule has 3 aliphatic rings. The highest BCUT2D eigenvalue weighted by atomic mass is 32.2. The van der Waals surface area contributed by atoms with Crippen LogP contribution in [-0.2, 0) is 19.6 Å². The maximum Gasteiger partial charge on any atom is 0.265 e. The van der Waals surface area contributed by atoms with E-state index >= 15 is 0 Å². The summed E-state index contributed by atoms with van der Waals surface area (Å²) in [4.78, 5) is 31.2. The lowest BCUT2D eigenvalue weighted by Gasteiger charge is -2.37. The number of sulfonamides is 1. The lowest BCUT2D eigenvalue weighted by molar-refractivity contribution is -0.132. The number of benzene rings is 2. The molecule has 0 spiro atoms. The van der Waals surface area contributed by atoms with Gasteiger partial charge in [-0.15, -0.1) is 0 Å². The van der Waals surface area contributed by atoms with Gasteiger partial charge in [0.15, 0.2) is 6.61 Å². The van der Waals surface area contributed by atoms with Crippen molar-refractivity contribution in [2.24, 2.45) is 0 Å². The average Bonchev–Trinajstić information content (AvgIpc) is 3.21. The minimum atomic E-state index is -3.73. The quantitative estimate of drug-likeness (QED) is 0.590. The molecule has 3 aliphatic heterocycles. The number of hydrogen-bond acceptors (Lipinski definition) is 6. The van der Waals surface area contributed by atoms with Crippen molar-refractivity contribution in [1.29, 1.82) is 0 Å². The van der Waals surface area contributed by atoms with Crippen molar-refractivity contribution in [3.05, 3.63) is 48.3 Å². The van der Waals surface area contributed by atoms with Crippen LogP contribution in [0.2, 0.25) is 0 Å². The Hall–Kier alpha value is -3.18. The van der Waals surface area contributed by atoms with Crippen LogP contribution in [0.25, 0.3) is 0 Å². The zero-order chi connectivity index (χ0) is 26.0. The molecule has 2 saturated heterocycles. The van der Waals surface area contributed by atoms with Crippen molar-refractivity contribution in [2.75, 3.05) is 62.2 Å². The van der Waals surface area contributed by atoms with Gasteiger partial charge in [-0.2, -0.15) is 4.31 Å². The first kappa shape index (κ1) is 25.5. The number of carbonyl (C=O) groups is 2. The van der Waals surface area contributed by atoms with Crippen molar-refractivity contribution in [2.45, 2.75) is 30.6 Å². The third-order valence-corrected chi connectivity index (χ3v) is 9.09. The summed E-state index contributed by atoms with van der Waals surface area (Å²) in [5.41, 5.74) is 1.19. The van der Waals surface area contributed by atoms with Gasteiger partial charge in [0.05, 0.1) is 10.6 Å². The number of carbonyl (C=O) groups excluding carboxylic acids is 2. The fourth-order valence-electron chi connectivity index (χ4n) is 5.05. The van der Waals surface area contributed by atoms with Crippen LogP contribution in [0, 0.1) is 5.82 Å². The maximum absolute atomic E-state index is 13.3. The van der Waals surface area contributed by atoms with Gasteiger partial charge in [0.2, 0.25) is 15.9 Å². The fraction of sp³-hybridized carbons (Fsp3) is 0.462. The van der Waals surface area contributed by atoms with E-state index in [1.807, 2.05) is 0 Å². The minimum absolute atomic E-state index is 0.0943. The summed E-state index contributed by atoms with van der Waals surface area (Å²) in [6, 6.07) is 10.8. The molecule has 9 nitrogen and oxygen atoms in total. The molecule has 2 aromatic rings. The molecule has 2 amide bonds. The Morgan fingerprint density at radius 3 is 2.24 bits per heavy atom. The number of rotatable bonds is 5. The summed E-state index contributed by atoms with van der Waals surface area (Å²) in [5.74, 6) is -0.533. The molecule has 5 rings (SSSR count). The normalized spacial score (nSPS) is 19.3. The fourth-order valence-corrected chi connectivity index (χ4v) is 6.59. The second-order valence-electron chi connectivity index (χ2n) is 9.56. The highest BCUT2D eigenvalue weighted by Crippen LogP contribution is 2.35. The molecule has 198 valence electrons. The predicted octanol–water partition coefficient (Wildman–Crippen LogP) is 2.46. The average molecular weight is 531 g/mol. The molecule has 0 radical (unpaired) electrons. The van der Waals surface area contributed by atoms with E-state index in [4.69, 9.17) is 4.74 Å². The molecule has 2 fully saturated rings. The van der Waals surface area contributed by atoms with Crippen LogP contribution in [0.4, 0.5) is 15.8 Å². The second kappa shape index (κ2) is 10.7. The Balaban J connectivity index is 1.29. The number of halogens is 1. The number of hydrogen-bond donors (Lipinski definition) is 0. The summed E-state index contributed by atoms with van der Waals surface area (Å²) < 4.78 is 46.9. The van der Waals surface area contributed by atoms with Crippen molar-refractivity contribution < 1.29 is 27.1 Å². The van der Waals surface area contributed by atoms with Crippen molar-refractivity contribution in [3.63, 3.8) is 0 Å². The van der Waals surface area contributed by atoms with Gasteiger partial charge in [-0.25, -0.2) is 12.8 Å². The van der Waals surface area contributed by atoms with Gasteiger partial charge in [-0.05, 0) is 55.3 Å². The molecule has 0 N–H and O–H groups in total. The van der Waals surface area contributed by atoms with Crippen molar-refractivity contribution in [1.82, 2.24) is 9.21 Å². The first-order valence-electron chi connectivity index (χ1n) is 12.7. The number of ether oxygens (including phenoxy) is 1. The molecule has 3 heterocycles. The highest BCUT2D eigenvalue weighted by molar-refractivity contribution is 7.89. The molecular formula is C26H31FN4O5S.